The van der Waals surface area contributed by atoms with E-state index >= 15 is 0 Å². The van der Waals surface area contributed by atoms with Crippen LogP contribution in [0.4, 0.5) is 4.79 Å². The van der Waals surface area contributed by atoms with Gasteiger partial charge in [0.15, 0.2) is 6.23 Å². The van der Waals surface area contributed by atoms with Crippen LogP contribution in [0.2, 0.25) is 0 Å². The zero-order valence-electron chi connectivity index (χ0n) is 32.9. The van der Waals surface area contributed by atoms with Crippen LogP contribution in [-0.2, 0) is 63.9 Å². The number of carboxylic acids is 5. The van der Waals surface area contributed by atoms with Crippen molar-refractivity contribution in [1.82, 2.24) is 31.9 Å². The Bertz CT molecular complexity index is 1780. The highest BCUT2D eigenvalue weighted by atomic mass is 32.1. The highest BCUT2D eigenvalue weighted by molar-refractivity contribution is 7.80. The third-order valence-corrected chi connectivity index (χ3v) is 8.92. The molecule has 1 aromatic carbocycles. The molecule has 0 aromatic heterocycles. The fourth-order valence-electron chi connectivity index (χ4n) is 5.31. The zero-order valence-corrected chi connectivity index (χ0v) is 33.7. The third-order valence-electron chi connectivity index (χ3n) is 8.55. The lowest BCUT2D eigenvalue weighted by molar-refractivity contribution is -0.143. The lowest BCUT2D eigenvalue weighted by Gasteiger charge is -2.22. The largest absolute Gasteiger partial charge is 0.481 e. The lowest BCUT2D eigenvalue weighted by atomic mass is 9.91. The molecule has 25 nitrogen and oxygen atoms in total. The number of nitrogens with two attached hydrogens (primary N) is 1. The van der Waals surface area contributed by atoms with E-state index in [9.17, 15) is 72.9 Å². The van der Waals surface area contributed by atoms with Crippen LogP contribution >= 0.6 is 12.6 Å². The van der Waals surface area contributed by atoms with Gasteiger partial charge in [-0.25, -0.2) is 19.2 Å². The summed E-state index contributed by atoms with van der Waals surface area (Å²) in [4.78, 5) is 144. The molecule has 1 rings (SSSR count). The standard InChI is InChI=1S/C36H49N7O18S/c37-21(31(52)40-24(14-29(49)50)32(53)41-25(16-62)35(58)59)15-38-30(51)19(12-18-4-2-1-3-5-18)13-20(45)6-7-22(33(54)55)39-26(46)9-8-23(34(56)57)42-36(60)43-27(61-17-44)10-11-28(47)48/h1-5,17,19,21-25,27,62H,6-16,37H2,(H,38,51)(H,39,46)(H,40,52)(H,41,53)(H,47,48)(H,49,50)(H,54,55)(H,56,57)(H,58,59)(H2,42,43,60)/t19-,21+,22+,23+,24+,25+,27-/m1/s1. The molecular formula is C36H49N7O18S. The number of ketones is 1. The lowest BCUT2D eigenvalue weighted by Crippen LogP contribution is -2.57. The maximum absolute atomic E-state index is 13.4. The minimum atomic E-state index is -1.76. The molecule has 13 N–H and O–H groups in total. The van der Waals surface area contributed by atoms with Gasteiger partial charge in [-0.15, -0.1) is 0 Å². The van der Waals surface area contributed by atoms with E-state index in [1.807, 2.05) is 10.6 Å². The summed E-state index contributed by atoms with van der Waals surface area (Å²) in [6.45, 7) is -0.635. The number of ether oxygens (including phenoxy) is 1. The van der Waals surface area contributed by atoms with E-state index in [1.165, 1.54) is 0 Å². The number of carbonyl (C=O) groups excluding carboxylic acids is 7. The van der Waals surface area contributed by atoms with Crippen molar-refractivity contribution >= 4 is 84.4 Å². The SMILES string of the molecule is N[C@@H](CNC(=O)[C@@H](CC(=O)CC[C@H](NC(=O)CC[C@H](NC(=O)N[C@@H](CCC(=O)O)OC=O)C(=O)O)C(=O)O)Cc1ccccc1)C(=O)N[C@@H](CC(=O)O)C(=O)N[C@@H](CS)C(=O)O. The molecule has 0 aliphatic carbocycles. The number of urea groups is 1. The van der Waals surface area contributed by atoms with E-state index in [1.54, 1.807) is 30.3 Å². The molecular weight excluding hydrogens is 850 g/mol. The number of benzene rings is 1. The van der Waals surface area contributed by atoms with E-state index in [0.29, 0.717) is 5.56 Å². The number of hydrogen-bond acceptors (Lipinski definition) is 15. The Labute approximate surface area is 357 Å². The Balaban J connectivity index is 2.91. The second kappa shape index (κ2) is 27.8. The Hall–Kier alpha value is -6.83. The van der Waals surface area contributed by atoms with Gasteiger partial charge in [0, 0.05) is 43.9 Å². The summed E-state index contributed by atoms with van der Waals surface area (Å²) in [5, 5.41) is 59.2. The molecule has 6 amide bonds. The minimum absolute atomic E-state index is 0.0143. The molecule has 342 valence electrons. The number of amides is 6. The molecule has 0 unspecified atom stereocenters. The van der Waals surface area contributed by atoms with Crippen molar-refractivity contribution in [2.45, 2.75) is 94.2 Å². The topological polar surface area (TPSA) is 413 Å². The molecule has 26 heteroatoms. The molecule has 62 heavy (non-hydrogen) atoms. The van der Waals surface area contributed by atoms with E-state index in [4.69, 9.17) is 15.9 Å². The molecule has 0 aliphatic heterocycles. The van der Waals surface area contributed by atoms with E-state index in [0.717, 1.165) is 0 Å². The Kier molecular flexibility index (Phi) is 23.9. The number of thiol groups is 1. The van der Waals surface area contributed by atoms with Crippen LogP contribution in [-0.4, -0.2) is 146 Å². The van der Waals surface area contributed by atoms with Gasteiger partial charge in [-0.3, -0.25) is 38.4 Å². The molecule has 1 aromatic rings. The van der Waals surface area contributed by atoms with Crippen LogP contribution in [0.5, 0.6) is 0 Å². The fourth-order valence-corrected chi connectivity index (χ4v) is 5.55. The predicted molar refractivity (Wildman–Crippen MR) is 211 cm³/mol. The van der Waals surface area contributed by atoms with Crippen LogP contribution in [0.25, 0.3) is 0 Å². The van der Waals surface area contributed by atoms with E-state index in [2.05, 4.69) is 38.6 Å². The summed E-state index contributed by atoms with van der Waals surface area (Å²) < 4.78 is 4.55. The first-order valence-electron chi connectivity index (χ1n) is 18.5. The molecule has 0 bridgehead atoms. The number of Topliss-reactive ketones (excluding diaryl/α,β-unsaturated/α-hetero) is 1. The van der Waals surface area contributed by atoms with Gasteiger partial charge in [-0.1, -0.05) is 30.3 Å². The van der Waals surface area contributed by atoms with Crippen molar-refractivity contribution in [1.29, 1.82) is 0 Å². The number of nitrogens with one attached hydrogen (secondary N) is 6. The van der Waals surface area contributed by atoms with Crippen molar-refractivity contribution in [2.24, 2.45) is 11.7 Å². The van der Waals surface area contributed by atoms with Crippen molar-refractivity contribution < 1.29 is 87.8 Å². The second-order valence-corrected chi connectivity index (χ2v) is 13.8. The van der Waals surface area contributed by atoms with Gasteiger partial charge >= 0.3 is 35.9 Å². The molecule has 0 aliphatic rings. The van der Waals surface area contributed by atoms with Crippen molar-refractivity contribution in [3.63, 3.8) is 0 Å². The number of aliphatic carboxylic acids is 5. The third kappa shape index (κ3) is 21.4. The van der Waals surface area contributed by atoms with Crippen LogP contribution in [0.1, 0.15) is 56.9 Å². The highest BCUT2D eigenvalue weighted by Gasteiger charge is 2.31. The Morgan fingerprint density at radius 2 is 1.23 bits per heavy atom. The second-order valence-electron chi connectivity index (χ2n) is 13.4. The minimum Gasteiger partial charge on any atom is -0.481 e. The normalized spacial score (nSPS) is 14.0. The molecule has 0 fully saturated rings. The van der Waals surface area contributed by atoms with Gasteiger partial charge in [0.05, 0.1) is 12.8 Å². The highest BCUT2D eigenvalue weighted by Crippen LogP contribution is 2.16. The summed E-state index contributed by atoms with van der Waals surface area (Å²) in [6.07, 6.45) is -5.82. The van der Waals surface area contributed by atoms with Crippen LogP contribution in [0, 0.1) is 5.92 Å². The number of carbonyl (C=O) groups is 12. The van der Waals surface area contributed by atoms with E-state index in [-0.39, 0.29) is 25.1 Å². The van der Waals surface area contributed by atoms with Gasteiger partial charge < -0.3 is 67.9 Å². The van der Waals surface area contributed by atoms with Gasteiger partial charge in [0.1, 0.15) is 36.0 Å². The predicted octanol–water partition coefficient (Wildman–Crippen LogP) is -3.05. The van der Waals surface area contributed by atoms with Gasteiger partial charge in [0.25, 0.3) is 6.47 Å². The molecule has 7 atom stereocenters. The average molecular weight is 900 g/mol. The van der Waals surface area contributed by atoms with Crippen molar-refractivity contribution in [3.8, 4) is 0 Å². The fraction of sp³-hybridized carbons (Fsp3) is 0.500. The summed E-state index contributed by atoms with van der Waals surface area (Å²) in [5.74, 6) is -13.5. The molecule has 0 saturated carbocycles. The summed E-state index contributed by atoms with van der Waals surface area (Å²) in [7, 11) is 0. The van der Waals surface area contributed by atoms with E-state index < -0.39 is 159 Å². The monoisotopic (exact) mass is 899 g/mol. The first-order valence-corrected chi connectivity index (χ1v) is 19.2. The van der Waals surface area contributed by atoms with Crippen LogP contribution in [0.15, 0.2) is 30.3 Å². The van der Waals surface area contributed by atoms with Crippen molar-refractivity contribution in [2.75, 3.05) is 12.3 Å². The zero-order chi connectivity index (χ0) is 46.9. The number of hydrogen-bond donors (Lipinski definition) is 13. The van der Waals surface area contributed by atoms with Crippen molar-refractivity contribution in [3.05, 3.63) is 35.9 Å². The maximum atomic E-state index is 13.4. The summed E-state index contributed by atoms with van der Waals surface area (Å²) in [6, 6.07) is -1.03. The Morgan fingerprint density at radius 1 is 0.645 bits per heavy atom. The van der Waals surface area contributed by atoms with Gasteiger partial charge in [0.2, 0.25) is 23.6 Å². The van der Waals surface area contributed by atoms with Crippen LogP contribution in [0.3, 0.4) is 0 Å². The maximum Gasteiger partial charge on any atom is 0.327 e. The molecule has 0 spiro atoms. The molecule has 0 radical (unpaired) electrons. The number of carboxylic acid groups (broad SMARTS) is 5. The Morgan fingerprint density at radius 3 is 1.77 bits per heavy atom. The van der Waals surface area contributed by atoms with Gasteiger partial charge in [-0.05, 0) is 24.8 Å². The first-order chi connectivity index (χ1) is 29.2. The number of rotatable bonds is 31. The molecule has 0 heterocycles. The van der Waals surface area contributed by atoms with Crippen LogP contribution < -0.4 is 37.6 Å². The average Bonchev–Trinajstić information content (AvgIpc) is 3.20. The quantitative estimate of drug-likeness (QED) is 0.0200. The smallest absolute Gasteiger partial charge is 0.327 e. The molecule has 0 saturated heterocycles. The summed E-state index contributed by atoms with van der Waals surface area (Å²) >= 11 is 3.81. The van der Waals surface area contributed by atoms with Gasteiger partial charge in [-0.2, -0.15) is 12.6 Å². The first kappa shape index (κ1) is 53.2. The summed E-state index contributed by atoms with van der Waals surface area (Å²) in [5.41, 5.74) is 6.50.